The molecule has 4 unspecified atom stereocenters. The Balaban J connectivity index is 1.67. The Kier molecular flexibility index (Phi) is 2.90. The normalized spacial score (nSPS) is 33.9. The summed E-state index contributed by atoms with van der Waals surface area (Å²) in [6.07, 6.45) is 6.86. The predicted molar refractivity (Wildman–Crippen MR) is 67.5 cm³/mol. The van der Waals surface area contributed by atoms with Crippen molar-refractivity contribution < 1.29 is 9.21 Å². The number of furan rings is 1. The largest absolute Gasteiger partial charge is 0.472 e. The standard InChI is InChI=1S/C14H20N2O2/c1-16(7-9-4-5-18-8-9)14(17)12-10-2-3-11(6-10)13(12)15/h4-5,8,10-13H,2-3,6-7,15H2,1H3. The number of carbonyl (C=O) groups is 1. The molecule has 2 fully saturated rings. The van der Waals surface area contributed by atoms with E-state index >= 15 is 0 Å². The maximum atomic E-state index is 12.5. The summed E-state index contributed by atoms with van der Waals surface area (Å²) in [7, 11) is 1.86. The first kappa shape index (κ1) is 11.8. The van der Waals surface area contributed by atoms with Gasteiger partial charge in [0.1, 0.15) is 0 Å². The zero-order chi connectivity index (χ0) is 12.7. The Bertz CT molecular complexity index is 427. The lowest BCUT2D eigenvalue weighted by Crippen LogP contribution is -2.45. The van der Waals surface area contributed by atoms with Gasteiger partial charge in [-0.15, -0.1) is 0 Å². The minimum atomic E-state index is 0.0423. The summed E-state index contributed by atoms with van der Waals surface area (Å²) >= 11 is 0. The van der Waals surface area contributed by atoms with Crippen molar-refractivity contribution in [2.45, 2.75) is 31.8 Å². The van der Waals surface area contributed by atoms with E-state index in [0.29, 0.717) is 18.4 Å². The van der Waals surface area contributed by atoms with Crippen molar-refractivity contribution in [3.05, 3.63) is 24.2 Å². The minimum Gasteiger partial charge on any atom is -0.472 e. The van der Waals surface area contributed by atoms with E-state index in [1.54, 1.807) is 17.4 Å². The second-order valence-electron chi connectivity index (χ2n) is 5.76. The SMILES string of the molecule is CN(Cc1ccoc1)C(=O)C1C2CCC(C2)C1N. The van der Waals surface area contributed by atoms with E-state index in [2.05, 4.69) is 0 Å². The molecule has 4 heteroatoms. The van der Waals surface area contributed by atoms with Crippen LogP contribution in [0.25, 0.3) is 0 Å². The van der Waals surface area contributed by atoms with Gasteiger partial charge < -0.3 is 15.1 Å². The molecule has 0 aliphatic heterocycles. The molecule has 1 aromatic heterocycles. The van der Waals surface area contributed by atoms with Gasteiger partial charge in [-0.2, -0.15) is 0 Å². The lowest BCUT2D eigenvalue weighted by molar-refractivity contribution is -0.137. The van der Waals surface area contributed by atoms with Crippen molar-refractivity contribution in [2.75, 3.05) is 7.05 Å². The van der Waals surface area contributed by atoms with Gasteiger partial charge in [0, 0.05) is 25.2 Å². The molecule has 18 heavy (non-hydrogen) atoms. The van der Waals surface area contributed by atoms with Gasteiger partial charge in [0.05, 0.1) is 18.4 Å². The molecule has 4 atom stereocenters. The fraction of sp³-hybridized carbons (Fsp3) is 0.643. The molecule has 2 aliphatic carbocycles. The quantitative estimate of drug-likeness (QED) is 0.884. The predicted octanol–water partition coefficient (Wildman–Crippen LogP) is 1.61. The summed E-state index contributed by atoms with van der Waals surface area (Å²) in [5.74, 6) is 1.34. The van der Waals surface area contributed by atoms with Crippen LogP contribution >= 0.6 is 0 Å². The van der Waals surface area contributed by atoms with E-state index in [4.69, 9.17) is 10.2 Å². The highest BCUT2D eigenvalue weighted by Crippen LogP contribution is 2.48. The number of hydrogen-bond acceptors (Lipinski definition) is 3. The summed E-state index contributed by atoms with van der Waals surface area (Å²) in [6.45, 7) is 0.607. The van der Waals surface area contributed by atoms with Crippen LogP contribution in [-0.4, -0.2) is 23.9 Å². The fourth-order valence-electron chi connectivity index (χ4n) is 3.69. The maximum absolute atomic E-state index is 12.5. The van der Waals surface area contributed by atoms with Crippen LogP contribution in [0.5, 0.6) is 0 Å². The Hall–Kier alpha value is -1.29. The van der Waals surface area contributed by atoms with Gasteiger partial charge in [0.15, 0.2) is 0 Å². The number of hydrogen-bond donors (Lipinski definition) is 1. The van der Waals surface area contributed by atoms with Crippen molar-refractivity contribution >= 4 is 5.91 Å². The summed E-state index contributed by atoms with van der Waals surface area (Å²) in [6, 6.07) is 1.97. The number of rotatable bonds is 3. The van der Waals surface area contributed by atoms with Gasteiger partial charge in [-0.1, -0.05) is 0 Å². The van der Waals surface area contributed by atoms with E-state index in [1.165, 1.54) is 12.8 Å². The molecule has 1 amide bonds. The molecule has 2 N–H and O–H groups in total. The van der Waals surface area contributed by atoms with E-state index in [-0.39, 0.29) is 17.9 Å². The lowest BCUT2D eigenvalue weighted by atomic mass is 9.84. The highest BCUT2D eigenvalue weighted by atomic mass is 16.3. The third kappa shape index (κ3) is 1.85. The topological polar surface area (TPSA) is 59.5 Å². The molecule has 0 aromatic carbocycles. The molecular formula is C14H20N2O2. The highest BCUT2D eigenvalue weighted by molar-refractivity contribution is 5.80. The molecule has 0 spiro atoms. The summed E-state index contributed by atoms with van der Waals surface area (Å²) < 4.78 is 5.03. The smallest absolute Gasteiger partial charge is 0.227 e. The molecule has 2 bridgehead atoms. The molecule has 0 saturated heterocycles. The Morgan fingerprint density at radius 2 is 2.28 bits per heavy atom. The first-order valence-electron chi connectivity index (χ1n) is 6.68. The van der Waals surface area contributed by atoms with Crippen molar-refractivity contribution in [3.8, 4) is 0 Å². The molecular weight excluding hydrogens is 228 g/mol. The van der Waals surface area contributed by atoms with Gasteiger partial charge in [0.2, 0.25) is 5.91 Å². The Morgan fingerprint density at radius 3 is 2.89 bits per heavy atom. The summed E-state index contributed by atoms with van der Waals surface area (Å²) in [5.41, 5.74) is 7.24. The van der Waals surface area contributed by atoms with Gasteiger partial charge in [-0.25, -0.2) is 0 Å². The van der Waals surface area contributed by atoms with Crippen LogP contribution in [0.4, 0.5) is 0 Å². The van der Waals surface area contributed by atoms with Crippen LogP contribution in [0.15, 0.2) is 23.0 Å². The van der Waals surface area contributed by atoms with E-state index in [0.717, 1.165) is 12.0 Å². The number of nitrogens with two attached hydrogens (primary N) is 1. The molecule has 4 nitrogen and oxygen atoms in total. The first-order chi connectivity index (χ1) is 8.66. The monoisotopic (exact) mass is 248 g/mol. The van der Waals surface area contributed by atoms with Crippen LogP contribution in [0.1, 0.15) is 24.8 Å². The Labute approximate surface area is 107 Å². The van der Waals surface area contributed by atoms with Crippen LogP contribution < -0.4 is 5.73 Å². The lowest BCUT2D eigenvalue weighted by Gasteiger charge is -2.30. The average Bonchev–Trinajstić information content (AvgIpc) is 3.04. The zero-order valence-electron chi connectivity index (χ0n) is 10.7. The summed E-state index contributed by atoms with van der Waals surface area (Å²) in [5, 5.41) is 0. The minimum absolute atomic E-state index is 0.0423. The van der Waals surface area contributed by atoms with Gasteiger partial charge in [0.25, 0.3) is 0 Å². The molecule has 98 valence electrons. The van der Waals surface area contributed by atoms with Crippen LogP contribution in [0.3, 0.4) is 0 Å². The van der Waals surface area contributed by atoms with Crippen molar-refractivity contribution in [1.82, 2.24) is 4.90 Å². The third-order valence-electron chi connectivity index (χ3n) is 4.64. The van der Waals surface area contributed by atoms with E-state index in [1.807, 2.05) is 13.1 Å². The molecule has 1 heterocycles. The molecule has 3 rings (SSSR count). The molecule has 2 saturated carbocycles. The first-order valence-corrected chi connectivity index (χ1v) is 6.68. The second-order valence-corrected chi connectivity index (χ2v) is 5.76. The number of fused-ring (bicyclic) bond motifs is 2. The van der Waals surface area contributed by atoms with Crippen molar-refractivity contribution in [1.29, 1.82) is 0 Å². The maximum Gasteiger partial charge on any atom is 0.227 e. The zero-order valence-corrected chi connectivity index (χ0v) is 10.7. The van der Waals surface area contributed by atoms with Gasteiger partial charge >= 0.3 is 0 Å². The van der Waals surface area contributed by atoms with Crippen molar-refractivity contribution in [3.63, 3.8) is 0 Å². The Morgan fingerprint density at radius 1 is 1.50 bits per heavy atom. The number of nitrogens with zero attached hydrogens (tertiary/aromatic N) is 1. The number of carbonyl (C=O) groups excluding carboxylic acids is 1. The molecule has 1 aromatic rings. The highest BCUT2D eigenvalue weighted by Gasteiger charge is 2.49. The van der Waals surface area contributed by atoms with Gasteiger partial charge in [-0.05, 0) is 37.2 Å². The van der Waals surface area contributed by atoms with Gasteiger partial charge in [-0.3, -0.25) is 4.79 Å². The molecule has 2 aliphatic rings. The van der Waals surface area contributed by atoms with Crippen LogP contribution in [0, 0.1) is 17.8 Å². The number of amides is 1. The van der Waals surface area contributed by atoms with E-state index in [9.17, 15) is 4.79 Å². The second kappa shape index (κ2) is 4.43. The van der Waals surface area contributed by atoms with Crippen LogP contribution in [-0.2, 0) is 11.3 Å². The van der Waals surface area contributed by atoms with Crippen molar-refractivity contribution in [2.24, 2.45) is 23.5 Å². The molecule has 0 radical (unpaired) electrons. The summed E-state index contributed by atoms with van der Waals surface area (Å²) in [4.78, 5) is 14.3. The third-order valence-corrected chi connectivity index (χ3v) is 4.64. The average molecular weight is 248 g/mol. The fourth-order valence-corrected chi connectivity index (χ4v) is 3.69. The van der Waals surface area contributed by atoms with E-state index < -0.39 is 0 Å². The van der Waals surface area contributed by atoms with Crippen LogP contribution in [0.2, 0.25) is 0 Å².